The number of carbonyl (C=O) groups is 2. The van der Waals surface area contributed by atoms with Gasteiger partial charge in [0.15, 0.2) is 0 Å². The van der Waals surface area contributed by atoms with Crippen LogP contribution in [0.15, 0.2) is 48.5 Å². The summed E-state index contributed by atoms with van der Waals surface area (Å²) >= 11 is 0. The van der Waals surface area contributed by atoms with Crippen molar-refractivity contribution >= 4 is 44.8 Å². The molecule has 4 heterocycles. The summed E-state index contributed by atoms with van der Waals surface area (Å²) in [5.41, 5.74) is 7.19. The molecule has 0 atom stereocenters. The van der Waals surface area contributed by atoms with Crippen molar-refractivity contribution in [2.75, 3.05) is 0 Å². The minimum Gasteiger partial charge on any atom is -0.344 e. The minimum atomic E-state index is -0.296. The molecule has 2 aromatic carbocycles. The number of aromatic nitrogens is 2. The highest BCUT2D eigenvalue weighted by Crippen LogP contribution is 2.42. The number of rotatable bonds is 0. The molecule has 0 spiro atoms. The Bertz CT molecular complexity index is 1440. The van der Waals surface area contributed by atoms with E-state index < -0.39 is 0 Å². The van der Waals surface area contributed by atoms with Gasteiger partial charge in [-0.1, -0.05) is 68.5 Å². The van der Waals surface area contributed by atoms with Crippen LogP contribution >= 0.6 is 0 Å². The third-order valence-corrected chi connectivity index (χ3v) is 8.16. The molecule has 6 rings (SSSR count). The molecule has 2 amide bonds. The van der Waals surface area contributed by atoms with Crippen LogP contribution in [-0.2, 0) is 22.7 Å². The maximum Gasteiger partial charge on any atom is 0.259 e. The SMILES string of the molecule is Cc1c2c3ccccc3n1CCCCCCCCCn1c(C)c(c3ccccc31)C1=C2C(=O)NC1=O. The topological polar surface area (TPSA) is 56.0 Å². The van der Waals surface area contributed by atoms with Gasteiger partial charge in [0, 0.05) is 57.4 Å². The monoisotopic (exact) mass is 479 g/mol. The van der Waals surface area contributed by atoms with Crippen molar-refractivity contribution in [2.24, 2.45) is 0 Å². The predicted octanol–water partition coefficient (Wildman–Crippen LogP) is 6.52. The number of nitrogens with one attached hydrogen (secondary N) is 1. The van der Waals surface area contributed by atoms with E-state index in [4.69, 9.17) is 0 Å². The molecule has 0 aliphatic carbocycles. The fourth-order valence-electron chi connectivity index (χ4n) is 6.43. The van der Waals surface area contributed by atoms with Gasteiger partial charge in [0.1, 0.15) is 0 Å². The fourth-order valence-corrected chi connectivity index (χ4v) is 6.43. The van der Waals surface area contributed by atoms with Gasteiger partial charge in [-0.2, -0.15) is 0 Å². The summed E-state index contributed by atoms with van der Waals surface area (Å²) in [6.07, 6.45) is 8.43. The molecule has 0 radical (unpaired) electrons. The van der Waals surface area contributed by atoms with Gasteiger partial charge < -0.3 is 9.13 Å². The number of benzene rings is 2. The third kappa shape index (κ3) is 3.52. The quantitative estimate of drug-likeness (QED) is 0.292. The molecule has 36 heavy (non-hydrogen) atoms. The van der Waals surface area contributed by atoms with Crippen LogP contribution in [0.5, 0.6) is 0 Å². The molecule has 0 unspecified atom stereocenters. The van der Waals surface area contributed by atoms with Gasteiger partial charge >= 0.3 is 0 Å². The first kappa shape index (κ1) is 22.8. The van der Waals surface area contributed by atoms with E-state index in [0.717, 1.165) is 70.3 Å². The highest BCUT2D eigenvalue weighted by Gasteiger charge is 2.37. The van der Waals surface area contributed by atoms with Crippen LogP contribution in [-0.4, -0.2) is 20.9 Å². The molecule has 1 N–H and O–H groups in total. The van der Waals surface area contributed by atoms with Gasteiger partial charge in [-0.3, -0.25) is 14.9 Å². The summed E-state index contributed by atoms with van der Waals surface area (Å²) in [7, 11) is 0. The van der Waals surface area contributed by atoms with Gasteiger partial charge in [-0.05, 0) is 38.8 Å². The first-order valence-corrected chi connectivity index (χ1v) is 13.3. The normalized spacial score (nSPS) is 17.5. The molecule has 184 valence electrons. The average Bonchev–Trinajstić information content (AvgIpc) is 3.42. The molecule has 4 bridgehead atoms. The highest BCUT2D eigenvalue weighted by molar-refractivity contribution is 6.51. The number of amides is 2. The lowest BCUT2D eigenvalue weighted by molar-refractivity contribution is -0.122. The molecular weight excluding hydrogens is 446 g/mol. The first-order valence-electron chi connectivity index (χ1n) is 13.3. The van der Waals surface area contributed by atoms with Crippen LogP contribution in [0.1, 0.15) is 67.5 Å². The largest absolute Gasteiger partial charge is 0.344 e. The Labute approximate surface area is 211 Å². The van der Waals surface area contributed by atoms with Gasteiger partial charge in [-0.15, -0.1) is 0 Å². The summed E-state index contributed by atoms with van der Waals surface area (Å²) in [6.45, 7) is 6.03. The number of imide groups is 1. The lowest BCUT2D eigenvalue weighted by Crippen LogP contribution is -2.23. The molecule has 0 saturated heterocycles. The summed E-state index contributed by atoms with van der Waals surface area (Å²) in [4.78, 5) is 26.9. The van der Waals surface area contributed by atoms with Gasteiger partial charge in [0.05, 0.1) is 11.1 Å². The lowest BCUT2D eigenvalue weighted by atomic mass is 9.93. The predicted molar refractivity (Wildman–Crippen MR) is 146 cm³/mol. The Balaban J connectivity index is 1.68. The Kier molecular flexibility index (Phi) is 5.79. The minimum absolute atomic E-state index is 0.296. The smallest absolute Gasteiger partial charge is 0.259 e. The van der Waals surface area contributed by atoms with Crippen LogP contribution in [0.25, 0.3) is 33.0 Å². The summed E-state index contributed by atoms with van der Waals surface area (Å²) < 4.78 is 4.69. The second-order valence-electron chi connectivity index (χ2n) is 10.3. The molecule has 0 saturated carbocycles. The van der Waals surface area contributed by atoms with Crippen LogP contribution in [0, 0.1) is 13.8 Å². The molecular formula is C31H33N3O2. The number of nitrogens with zero attached hydrogens (tertiary/aromatic N) is 2. The number of aryl methyl sites for hydroxylation is 2. The molecule has 0 fully saturated rings. The zero-order valence-electron chi connectivity index (χ0n) is 21.2. The van der Waals surface area contributed by atoms with E-state index in [1.165, 1.54) is 32.1 Å². The zero-order chi connectivity index (χ0) is 24.8. The highest BCUT2D eigenvalue weighted by atomic mass is 16.2. The zero-order valence-corrected chi connectivity index (χ0v) is 21.2. The molecule has 2 aromatic heterocycles. The number of hydrogen-bond donors (Lipinski definition) is 1. The van der Waals surface area contributed by atoms with Crippen molar-refractivity contribution in [3.63, 3.8) is 0 Å². The van der Waals surface area contributed by atoms with Crippen molar-refractivity contribution in [3.8, 4) is 0 Å². The van der Waals surface area contributed by atoms with E-state index in [-0.39, 0.29) is 11.8 Å². The average molecular weight is 480 g/mol. The van der Waals surface area contributed by atoms with Crippen molar-refractivity contribution in [1.29, 1.82) is 0 Å². The molecule has 2 aliphatic rings. The Morgan fingerprint density at radius 3 is 1.42 bits per heavy atom. The van der Waals surface area contributed by atoms with E-state index >= 15 is 0 Å². The van der Waals surface area contributed by atoms with Gasteiger partial charge in [0.25, 0.3) is 11.8 Å². The Morgan fingerprint density at radius 2 is 0.972 bits per heavy atom. The van der Waals surface area contributed by atoms with Crippen molar-refractivity contribution in [3.05, 3.63) is 71.0 Å². The molecule has 4 aromatic rings. The molecule has 5 heteroatoms. The van der Waals surface area contributed by atoms with E-state index in [1.807, 2.05) is 12.1 Å². The summed E-state index contributed by atoms with van der Waals surface area (Å²) in [6, 6.07) is 16.6. The number of para-hydroxylation sites is 2. The van der Waals surface area contributed by atoms with E-state index in [1.54, 1.807) is 0 Å². The van der Waals surface area contributed by atoms with Gasteiger partial charge in [0.2, 0.25) is 0 Å². The first-order chi connectivity index (χ1) is 17.6. The Hall–Kier alpha value is -3.60. The van der Waals surface area contributed by atoms with Crippen LogP contribution in [0.3, 0.4) is 0 Å². The third-order valence-electron chi connectivity index (χ3n) is 8.16. The van der Waals surface area contributed by atoms with Crippen LogP contribution in [0.2, 0.25) is 0 Å². The van der Waals surface area contributed by atoms with E-state index in [0.29, 0.717) is 11.1 Å². The summed E-state index contributed by atoms with van der Waals surface area (Å²) in [5, 5.41) is 4.72. The summed E-state index contributed by atoms with van der Waals surface area (Å²) in [5.74, 6) is -0.592. The molecule has 5 nitrogen and oxygen atoms in total. The van der Waals surface area contributed by atoms with Gasteiger partial charge in [-0.25, -0.2) is 0 Å². The standard InChI is InChI=1S/C31H33N3O2/c1-20-26-22-14-8-10-16-24(22)33(20)18-12-6-4-3-5-7-13-19-34-21(2)27(23-15-9-11-17-25(23)34)29-28(26)30(35)32-31(29)36/h8-11,14-17H,3-7,12-13,18-19H2,1-2H3,(H,32,35,36). The number of carbonyl (C=O) groups excluding carboxylic acids is 2. The lowest BCUT2D eigenvalue weighted by Gasteiger charge is -2.10. The van der Waals surface area contributed by atoms with Crippen LogP contribution < -0.4 is 5.32 Å². The Morgan fingerprint density at radius 1 is 0.583 bits per heavy atom. The van der Waals surface area contributed by atoms with E-state index in [2.05, 4.69) is 64.7 Å². The van der Waals surface area contributed by atoms with Crippen molar-refractivity contribution in [2.45, 2.75) is 71.9 Å². The maximum atomic E-state index is 13.5. The number of fused-ring (bicyclic) bond motifs is 12. The number of hydrogen-bond acceptors (Lipinski definition) is 2. The fraction of sp³-hybridized carbons (Fsp3) is 0.355. The maximum absolute atomic E-state index is 13.5. The van der Waals surface area contributed by atoms with Crippen LogP contribution in [0.4, 0.5) is 0 Å². The van der Waals surface area contributed by atoms with Crippen molar-refractivity contribution in [1.82, 2.24) is 14.5 Å². The van der Waals surface area contributed by atoms with Crippen molar-refractivity contribution < 1.29 is 9.59 Å². The second-order valence-corrected chi connectivity index (χ2v) is 10.3. The molecule has 2 aliphatic heterocycles. The van der Waals surface area contributed by atoms with E-state index in [9.17, 15) is 9.59 Å². The second kappa shape index (κ2) is 9.12.